The quantitative estimate of drug-likeness (QED) is 0.650. The molecule has 0 fully saturated rings. The zero-order valence-corrected chi connectivity index (χ0v) is 12.0. The van der Waals surface area contributed by atoms with Crippen LogP contribution in [0.15, 0.2) is 24.3 Å². The molecule has 0 bridgehead atoms. The van der Waals surface area contributed by atoms with Crippen LogP contribution in [0, 0.1) is 0 Å². The first kappa shape index (κ1) is 15.3. The minimum absolute atomic E-state index is 0.368. The van der Waals surface area contributed by atoms with Crippen LogP contribution in [0.4, 0.5) is 5.69 Å². The molecule has 1 atom stereocenters. The van der Waals surface area contributed by atoms with Gasteiger partial charge in [0.05, 0.1) is 0 Å². The fourth-order valence-corrected chi connectivity index (χ4v) is 2.15. The molecule has 0 saturated carbocycles. The number of halogens is 1. The lowest BCUT2D eigenvalue weighted by Gasteiger charge is -2.18. The summed E-state index contributed by atoms with van der Waals surface area (Å²) in [4.78, 5) is 0. The summed E-state index contributed by atoms with van der Waals surface area (Å²) in [6.07, 6.45) is 7.69. The molecule has 3 heteroatoms. The van der Waals surface area contributed by atoms with E-state index in [1.807, 2.05) is 24.3 Å². The molecule has 0 aliphatic rings. The van der Waals surface area contributed by atoms with E-state index < -0.39 is 0 Å². The summed E-state index contributed by atoms with van der Waals surface area (Å²) in [7, 11) is 0. The van der Waals surface area contributed by atoms with Crippen molar-refractivity contribution in [2.75, 3.05) is 11.9 Å². The van der Waals surface area contributed by atoms with Crippen molar-refractivity contribution < 1.29 is 0 Å². The Kier molecular flexibility index (Phi) is 7.86. The SMILES string of the molecule is CCCCCCCC(CN)Nc1ccc(Cl)cc1. The molecule has 102 valence electrons. The number of nitrogens with one attached hydrogen (secondary N) is 1. The molecule has 18 heavy (non-hydrogen) atoms. The van der Waals surface area contributed by atoms with Crippen LogP contribution in [0.2, 0.25) is 5.02 Å². The fourth-order valence-electron chi connectivity index (χ4n) is 2.03. The largest absolute Gasteiger partial charge is 0.381 e. The summed E-state index contributed by atoms with van der Waals surface area (Å²) in [6.45, 7) is 2.92. The van der Waals surface area contributed by atoms with Gasteiger partial charge in [0.15, 0.2) is 0 Å². The van der Waals surface area contributed by atoms with Crippen molar-refractivity contribution in [1.29, 1.82) is 0 Å². The maximum absolute atomic E-state index is 5.86. The van der Waals surface area contributed by atoms with Gasteiger partial charge >= 0.3 is 0 Å². The average Bonchev–Trinajstić information content (AvgIpc) is 2.39. The molecular weight excluding hydrogens is 244 g/mol. The van der Waals surface area contributed by atoms with Gasteiger partial charge < -0.3 is 11.1 Å². The third-order valence-corrected chi connectivity index (χ3v) is 3.41. The highest BCUT2D eigenvalue weighted by molar-refractivity contribution is 6.30. The van der Waals surface area contributed by atoms with Crippen LogP contribution in [-0.4, -0.2) is 12.6 Å². The first-order chi connectivity index (χ1) is 8.76. The summed E-state index contributed by atoms with van der Waals surface area (Å²) in [6, 6.07) is 8.18. The van der Waals surface area contributed by atoms with E-state index in [2.05, 4.69) is 12.2 Å². The maximum atomic E-state index is 5.86. The van der Waals surface area contributed by atoms with E-state index in [4.69, 9.17) is 17.3 Å². The van der Waals surface area contributed by atoms with Gasteiger partial charge in [-0.15, -0.1) is 0 Å². The summed E-state index contributed by atoms with van der Waals surface area (Å²) >= 11 is 5.86. The maximum Gasteiger partial charge on any atom is 0.0407 e. The second kappa shape index (κ2) is 9.23. The Morgan fingerprint density at radius 2 is 1.78 bits per heavy atom. The monoisotopic (exact) mass is 268 g/mol. The van der Waals surface area contributed by atoms with Crippen LogP contribution in [-0.2, 0) is 0 Å². The van der Waals surface area contributed by atoms with Crippen LogP contribution in [0.25, 0.3) is 0 Å². The zero-order chi connectivity index (χ0) is 13.2. The average molecular weight is 269 g/mol. The lowest BCUT2D eigenvalue weighted by atomic mass is 10.1. The molecular formula is C15H25ClN2. The molecule has 1 unspecified atom stereocenters. The summed E-state index contributed by atoms with van der Waals surface area (Å²) in [5.74, 6) is 0. The van der Waals surface area contributed by atoms with Crippen molar-refractivity contribution in [2.45, 2.75) is 51.5 Å². The Morgan fingerprint density at radius 3 is 2.39 bits per heavy atom. The molecule has 0 saturated heterocycles. The van der Waals surface area contributed by atoms with Crippen LogP contribution in [0.1, 0.15) is 45.4 Å². The Balaban J connectivity index is 2.26. The normalized spacial score (nSPS) is 12.4. The van der Waals surface area contributed by atoms with Gasteiger partial charge in [-0.2, -0.15) is 0 Å². The van der Waals surface area contributed by atoms with E-state index in [0.717, 1.165) is 17.1 Å². The third-order valence-electron chi connectivity index (χ3n) is 3.16. The highest BCUT2D eigenvalue weighted by Crippen LogP contribution is 2.16. The van der Waals surface area contributed by atoms with Gasteiger partial charge in [-0.1, -0.05) is 50.6 Å². The van der Waals surface area contributed by atoms with E-state index in [1.165, 1.54) is 32.1 Å². The Bertz CT molecular complexity index is 311. The Morgan fingerprint density at radius 1 is 1.11 bits per heavy atom. The van der Waals surface area contributed by atoms with Crippen molar-refractivity contribution in [3.8, 4) is 0 Å². The highest BCUT2D eigenvalue weighted by atomic mass is 35.5. The number of benzene rings is 1. The van der Waals surface area contributed by atoms with Crippen LogP contribution >= 0.6 is 11.6 Å². The second-order valence-electron chi connectivity index (χ2n) is 4.79. The predicted octanol–water partition coefficient (Wildman–Crippen LogP) is 4.44. The van der Waals surface area contributed by atoms with Gasteiger partial charge in [0.1, 0.15) is 0 Å². The number of unbranched alkanes of at least 4 members (excludes halogenated alkanes) is 4. The second-order valence-corrected chi connectivity index (χ2v) is 5.22. The summed E-state index contributed by atoms with van der Waals surface area (Å²) in [5, 5.41) is 4.23. The van der Waals surface area contributed by atoms with Crippen molar-refractivity contribution >= 4 is 17.3 Å². The van der Waals surface area contributed by atoms with E-state index in [-0.39, 0.29) is 0 Å². The Hall–Kier alpha value is -0.730. The van der Waals surface area contributed by atoms with Gasteiger partial charge in [-0.3, -0.25) is 0 Å². The molecule has 0 aliphatic heterocycles. The van der Waals surface area contributed by atoms with E-state index in [1.54, 1.807) is 0 Å². The summed E-state index contributed by atoms with van der Waals surface area (Å²) < 4.78 is 0. The predicted molar refractivity (Wildman–Crippen MR) is 81.3 cm³/mol. The first-order valence-electron chi connectivity index (χ1n) is 6.98. The van der Waals surface area contributed by atoms with Gasteiger partial charge in [-0.05, 0) is 30.7 Å². The molecule has 3 N–H and O–H groups in total. The number of anilines is 1. The third kappa shape index (κ3) is 6.27. The van der Waals surface area contributed by atoms with Gasteiger partial charge in [-0.25, -0.2) is 0 Å². The number of rotatable bonds is 9. The van der Waals surface area contributed by atoms with Crippen molar-refractivity contribution in [1.82, 2.24) is 0 Å². The van der Waals surface area contributed by atoms with Crippen molar-refractivity contribution in [3.63, 3.8) is 0 Å². The molecule has 1 rings (SSSR count). The minimum Gasteiger partial charge on any atom is -0.381 e. The molecule has 1 aromatic rings. The fraction of sp³-hybridized carbons (Fsp3) is 0.600. The van der Waals surface area contributed by atoms with Crippen molar-refractivity contribution in [2.24, 2.45) is 5.73 Å². The molecule has 1 aromatic carbocycles. The lowest BCUT2D eigenvalue weighted by molar-refractivity contribution is 0.563. The topological polar surface area (TPSA) is 38.0 Å². The number of hydrogen-bond donors (Lipinski definition) is 2. The van der Waals surface area contributed by atoms with E-state index >= 15 is 0 Å². The Labute approximate surface area is 116 Å². The zero-order valence-electron chi connectivity index (χ0n) is 11.3. The molecule has 0 heterocycles. The van der Waals surface area contributed by atoms with E-state index in [9.17, 15) is 0 Å². The van der Waals surface area contributed by atoms with Gasteiger partial charge in [0.2, 0.25) is 0 Å². The molecule has 2 nitrogen and oxygen atoms in total. The summed E-state index contributed by atoms with van der Waals surface area (Å²) in [5.41, 5.74) is 6.90. The van der Waals surface area contributed by atoms with Crippen LogP contribution < -0.4 is 11.1 Å². The van der Waals surface area contributed by atoms with Crippen LogP contribution in [0.3, 0.4) is 0 Å². The first-order valence-corrected chi connectivity index (χ1v) is 7.36. The molecule has 0 amide bonds. The minimum atomic E-state index is 0.368. The smallest absolute Gasteiger partial charge is 0.0407 e. The molecule has 0 aromatic heterocycles. The molecule has 0 radical (unpaired) electrons. The lowest BCUT2D eigenvalue weighted by Crippen LogP contribution is -2.28. The standard InChI is InChI=1S/C15H25ClN2/c1-2-3-4-5-6-7-15(12-17)18-14-10-8-13(16)9-11-14/h8-11,15,18H,2-7,12,17H2,1H3. The molecule has 0 spiro atoms. The van der Waals surface area contributed by atoms with Crippen molar-refractivity contribution in [3.05, 3.63) is 29.3 Å². The van der Waals surface area contributed by atoms with Crippen LogP contribution in [0.5, 0.6) is 0 Å². The van der Waals surface area contributed by atoms with Gasteiger partial charge in [0.25, 0.3) is 0 Å². The van der Waals surface area contributed by atoms with Gasteiger partial charge in [0, 0.05) is 23.3 Å². The highest BCUT2D eigenvalue weighted by Gasteiger charge is 2.05. The number of nitrogens with two attached hydrogens (primary N) is 1. The number of hydrogen-bond acceptors (Lipinski definition) is 2. The van der Waals surface area contributed by atoms with E-state index in [0.29, 0.717) is 12.6 Å². The molecule has 0 aliphatic carbocycles.